The Kier molecular flexibility index (Phi) is 5.36. The second kappa shape index (κ2) is 6.06. The average Bonchev–Trinajstić information content (AvgIpc) is 2.18. The predicted octanol–water partition coefficient (Wildman–Crippen LogP) is 2.21. The molecule has 1 fully saturated rings. The summed E-state index contributed by atoms with van der Waals surface area (Å²) < 4.78 is 25.6. The minimum Gasteiger partial charge on any atom is -0.212 e. The van der Waals surface area contributed by atoms with E-state index in [4.69, 9.17) is 11.6 Å². The van der Waals surface area contributed by atoms with Crippen molar-refractivity contribution in [1.82, 2.24) is 4.31 Å². The normalized spacial score (nSPS) is 24.3. The van der Waals surface area contributed by atoms with Crippen molar-refractivity contribution < 1.29 is 8.42 Å². The third kappa shape index (κ3) is 3.93. The monoisotopic (exact) mass is 253 g/mol. The number of hydrogen-bond donors (Lipinski definition) is 0. The summed E-state index contributed by atoms with van der Waals surface area (Å²) in [6.07, 6.45) is 4.60. The van der Waals surface area contributed by atoms with Crippen molar-refractivity contribution in [2.24, 2.45) is 0 Å². The maximum Gasteiger partial charge on any atom is 0.214 e. The highest BCUT2D eigenvalue weighted by Gasteiger charge is 2.28. The van der Waals surface area contributed by atoms with E-state index in [-0.39, 0.29) is 11.8 Å². The van der Waals surface area contributed by atoms with Gasteiger partial charge in [-0.3, -0.25) is 0 Å². The molecule has 5 heteroatoms. The molecule has 0 aliphatic carbocycles. The van der Waals surface area contributed by atoms with Gasteiger partial charge in [0.25, 0.3) is 0 Å². The van der Waals surface area contributed by atoms with Crippen LogP contribution in [0, 0.1) is 0 Å². The first-order valence-corrected chi connectivity index (χ1v) is 7.78. The molecule has 1 aliphatic rings. The van der Waals surface area contributed by atoms with E-state index in [2.05, 4.69) is 0 Å². The summed E-state index contributed by atoms with van der Waals surface area (Å²) in [7, 11) is -3.03. The van der Waals surface area contributed by atoms with Gasteiger partial charge in [-0.05, 0) is 32.6 Å². The first-order valence-electron chi connectivity index (χ1n) is 5.63. The molecule has 0 spiro atoms. The lowest BCUT2D eigenvalue weighted by Crippen LogP contribution is -2.43. The number of unbranched alkanes of at least 4 members (excludes halogenated alkanes) is 1. The van der Waals surface area contributed by atoms with E-state index in [1.165, 1.54) is 0 Å². The highest BCUT2D eigenvalue weighted by Crippen LogP contribution is 2.20. The Balaban J connectivity index is 2.51. The lowest BCUT2D eigenvalue weighted by molar-refractivity contribution is 0.268. The molecule has 0 aromatic heterocycles. The zero-order valence-electron chi connectivity index (χ0n) is 9.28. The highest BCUT2D eigenvalue weighted by molar-refractivity contribution is 7.89. The van der Waals surface area contributed by atoms with Gasteiger partial charge >= 0.3 is 0 Å². The molecule has 1 atom stereocenters. The second-order valence-corrected chi connectivity index (χ2v) is 6.59. The third-order valence-electron chi connectivity index (χ3n) is 2.89. The molecule has 1 aliphatic heterocycles. The van der Waals surface area contributed by atoms with Gasteiger partial charge in [0, 0.05) is 18.5 Å². The molecule has 0 bridgehead atoms. The summed E-state index contributed by atoms with van der Waals surface area (Å²) >= 11 is 5.54. The second-order valence-electron chi connectivity index (χ2n) is 4.17. The van der Waals surface area contributed by atoms with Gasteiger partial charge < -0.3 is 0 Å². The largest absolute Gasteiger partial charge is 0.214 e. The van der Waals surface area contributed by atoms with Gasteiger partial charge in [-0.1, -0.05) is 6.42 Å². The maximum absolute atomic E-state index is 12.0. The fraction of sp³-hybridized carbons (Fsp3) is 1.00. The summed E-state index contributed by atoms with van der Waals surface area (Å²) in [4.78, 5) is 0. The molecule has 0 aromatic carbocycles. The molecule has 90 valence electrons. The number of nitrogens with zero attached hydrogens (tertiary/aromatic N) is 1. The Hall–Kier alpha value is 0.200. The summed E-state index contributed by atoms with van der Waals surface area (Å²) in [5, 5.41) is 0. The quantitative estimate of drug-likeness (QED) is 0.557. The van der Waals surface area contributed by atoms with Crippen LogP contribution in [-0.4, -0.2) is 36.9 Å². The minimum absolute atomic E-state index is 0.180. The number of hydrogen-bond acceptors (Lipinski definition) is 2. The van der Waals surface area contributed by atoms with Crippen LogP contribution >= 0.6 is 11.6 Å². The summed E-state index contributed by atoms with van der Waals surface area (Å²) in [5.74, 6) is 0.801. The molecular weight excluding hydrogens is 234 g/mol. The van der Waals surface area contributed by atoms with Gasteiger partial charge in [0.1, 0.15) is 0 Å². The van der Waals surface area contributed by atoms with Crippen molar-refractivity contribution in [3.63, 3.8) is 0 Å². The van der Waals surface area contributed by atoms with E-state index in [1.54, 1.807) is 4.31 Å². The molecule has 1 rings (SSSR count). The van der Waals surface area contributed by atoms with Crippen LogP contribution in [0.1, 0.15) is 39.0 Å². The maximum atomic E-state index is 12.0. The molecule has 1 unspecified atom stereocenters. The van der Waals surface area contributed by atoms with Crippen LogP contribution in [0.4, 0.5) is 0 Å². The molecule has 0 aromatic rings. The van der Waals surface area contributed by atoms with Crippen LogP contribution in [0.3, 0.4) is 0 Å². The van der Waals surface area contributed by atoms with Gasteiger partial charge in [-0.2, -0.15) is 4.31 Å². The smallest absolute Gasteiger partial charge is 0.212 e. The predicted molar refractivity (Wildman–Crippen MR) is 63.8 cm³/mol. The van der Waals surface area contributed by atoms with Gasteiger partial charge in [0.2, 0.25) is 10.0 Å². The first-order chi connectivity index (χ1) is 7.08. The number of piperidine rings is 1. The fourth-order valence-electron chi connectivity index (χ4n) is 1.98. The van der Waals surface area contributed by atoms with Crippen molar-refractivity contribution in [3.8, 4) is 0 Å². The van der Waals surface area contributed by atoms with Crippen LogP contribution in [0.15, 0.2) is 0 Å². The Morgan fingerprint density at radius 2 is 2.07 bits per heavy atom. The van der Waals surface area contributed by atoms with Crippen LogP contribution in [0.25, 0.3) is 0 Å². The Morgan fingerprint density at radius 3 is 2.67 bits per heavy atom. The fourth-order valence-corrected chi connectivity index (χ4v) is 4.03. The highest BCUT2D eigenvalue weighted by atomic mass is 35.5. The van der Waals surface area contributed by atoms with E-state index < -0.39 is 10.0 Å². The molecule has 0 amide bonds. The topological polar surface area (TPSA) is 37.4 Å². The molecule has 0 saturated carbocycles. The Labute approximate surface area is 97.8 Å². The molecule has 0 radical (unpaired) electrons. The van der Waals surface area contributed by atoms with Gasteiger partial charge in [-0.25, -0.2) is 8.42 Å². The van der Waals surface area contributed by atoms with Crippen molar-refractivity contribution in [2.45, 2.75) is 45.1 Å². The Bertz CT molecular complexity index is 279. The molecular formula is C10H20ClNO2S. The van der Waals surface area contributed by atoms with Crippen LogP contribution < -0.4 is 0 Å². The number of alkyl halides is 1. The van der Waals surface area contributed by atoms with E-state index in [9.17, 15) is 8.42 Å². The third-order valence-corrected chi connectivity index (χ3v) is 5.21. The van der Waals surface area contributed by atoms with Crippen LogP contribution in [-0.2, 0) is 10.0 Å². The van der Waals surface area contributed by atoms with Gasteiger partial charge in [0.05, 0.1) is 5.75 Å². The van der Waals surface area contributed by atoms with Crippen LogP contribution in [0.2, 0.25) is 0 Å². The van der Waals surface area contributed by atoms with Gasteiger partial charge in [0.15, 0.2) is 0 Å². The molecule has 15 heavy (non-hydrogen) atoms. The van der Waals surface area contributed by atoms with Gasteiger partial charge in [-0.15, -0.1) is 11.6 Å². The van der Waals surface area contributed by atoms with Crippen molar-refractivity contribution in [2.75, 3.05) is 18.2 Å². The first kappa shape index (κ1) is 13.3. The summed E-state index contributed by atoms with van der Waals surface area (Å²) in [5.41, 5.74) is 0. The van der Waals surface area contributed by atoms with Crippen molar-refractivity contribution in [1.29, 1.82) is 0 Å². The van der Waals surface area contributed by atoms with Crippen molar-refractivity contribution in [3.05, 3.63) is 0 Å². The lowest BCUT2D eigenvalue weighted by Gasteiger charge is -2.32. The zero-order valence-corrected chi connectivity index (χ0v) is 10.9. The van der Waals surface area contributed by atoms with E-state index in [1.807, 2.05) is 6.92 Å². The Morgan fingerprint density at radius 1 is 1.33 bits per heavy atom. The lowest BCUT2D eigenvalue weighted by atomic mass is 10.1. The molecule has 3 nitrogen and oxygen atoms in total. The minimum atomic E-state index is -3.03. The summed E-state index contributed by atoms with van der Waals surface area (Å²) in [6, 6.07) is 0.180. The number of halogens is 1. The van der Waals surface area contributed by atoms with E-state index >= 15 is 0 Å². The number of sulfonamides is 1. The van der Waals surface area contributed by atoms with Crippen LogP contribution in [0.5, 0.6) is 0 Å². The average molecular weight is 254 g/mol. The summed E-state index contributed by atoms with van der Waals surface area (Å²) in [6.45, 7) is 2.70. The SMILES string of the molecule is CC1CCCCN1S(=O)(=O)CCCCCl. The van der Waals surface area contributed by atoms with E-state index in [0.29, 0.717) is 18.8 Å². The molecule has 1 heterocycles. The standard InChI is InChI=1S/C10H20ClNO2S/c1-10-6-2-4-8-12(10)15(13,14)9-5-3-7-11/h10H,2-9H2,1H3. The van der Waals surface area contributed by atoms with Crippen molar-refractivity contribution >= 4 is 21.6 Å². The zero-order chi connectivity index (χ0) is 11.3. The van der Waals surface area contributed by atoms with E-state index in [0.717, 1.165) is 25.7 Å². The number of rotatable bonds is 5. The molecule has 1 saturated heterocycles. The molecule has 0 N–H and O–H groups in total.